The molecular weight excluding hydrogens is 341 g/mol. The highest BCUT2D eigenvalue weighted by Crippen LogP contribution is 2.32. The second-order valence-corrected chi connectivity index (χ2v) is 7.59. The lowest BCUT2D eigenvalue weighted by Crippen LogP contribution is -2.29. The van der Waals surface area contributed by atoms with Gasteiger partial charge < -0.3 is 10.1 Å². The molecule has 132 valence electrons. The molecule has 0 bridgehead atoms. The number of carbonyl (C=O) groups excluding carboxylic acids is 2. The topological polar surface area (TPSA) is 55.4 Å². The van der Waals surface area contributed by atoms with E-state index in [9.17, 15) is 14.0 Å². The van der Waals surface area contributed by atoms with Gasteiger partial charge in [-0.1, -0.05) is 6.92 Å². The summed E-state index contributed by atoms with van der Waals surface area (Å²) in [6, 6.07) is 7.31. The number of amides is 1. The SMILES string of the molecule is C[C@@H]1CCc2sc(C(=O)O[C@@H](C)C(=O)Nc3ccc(F)cc3)cc2C1. The van der Waals surface area contributed by atoms with Gasteiger partial charge in [0.2, 0.25) is 0 Å². The molecule has 2 aromatic rings. The summed E-state index contributed by atoms with van der Waals surface area (Å²) in [5.74, 6) is -0.677. The van der Waals surface area contributed by atoms with Crippen molar-refractivity contribution in [2.24, 2.45) is 5.92 Å². The highest BCUT2D eigenvalue weighted by molar-refractivity contribution is 7.14. The molecule has 1 N–H and O–H groups in total. The fourth-order valence-electron chi connectivity index (χ4n) is 2.86. The van der Waals surface area contributed by atoms with Crippen molar-refractivity contribution in [3.63, 3.8) is 0 Å². The maximum absolute atomic E-state index is 12.9. The Hall–Kier alpha value is -2.21. The van der Waals surface area contributed by atoms with E-state index >= 15 is 0 Å². The summed E-state index contributed by atoms with van der Waals surface area (Å²) >= 11 is 1.46. The summed E-state index contributed by atoms with van der Waals surface area (Å²) in [7, 11) is 0. The molecule has 1 aliphatic carbocycles. The van der Waals surface area contributed by atoms with Crippen molar-refractivity contribution in [1.29, 1.82) is 0 Å². The zero-order valence-corrected chi connectivity index (χ0v) is 15.0. The van der Waals surface area contributed by atoms with Crippen LogP contribution in [0.4, 0.5) is 10.1 Å². The van der Waals surface area contributed by atoms with E-state index in [1.165, 1.54) is 53.0 Å². The van der Waals surface area contributed by atoms with Gasteiger partial charge in [0.15, 0.2) is 6.10 Å². The normalized spacial score (nSPS) is 17.5. The maximum atomic E-state index is 12.9. The molecule has 0 saturated carbocycles. The third-order valence-corrected chi connectivity index (χ3v) is 5.51. The van der Waals surface area contributed by atoms with Crippen LogP contribution >= 0.6 is 11.3 Å². The van der Waals surface area contributed by atoms with Crippen LogP contribution in [0.5, 0.6) is 0 Å². The molecule has 4 nitrogen and oxygen atoms in total. The van der Waals surface area contributed by atoms with E-state index in [-0.39, 0.29) is 5.82 Å². The second-order valence-electron chi connectivity index (χ2n) is 6.45. The molecule has 6 heteroatoms. The predicted octanol–water partition coefficient (Wildman–Crippen LogP) is 4.20. The highest BCUT2D eigenvalue weighted by atomic mass is 32.1. The van der Waals surface area contributed by atoms with E-state index in [0.717, 1.165) is 19.3 Å². The number of ether oxygens (including phenoxy) is 1. The first-order chi connectivity index (χ1) is 11.9. The first-order valence-corrected chi connectivity index (χ1v) is 9.13. The van der Waals surface area contributed by atoms with Gasteiger partial charge in [-0.3, -0.25) is 4.79 Å². The van der Waals surface area contributed by atoms with Crippen LogP contribution in [0.2, 0.25) is 0 Å². The van der Waals surface area contributed by atoms with Crippen LogP contribution in [0.3, 0.4) is 0 Å². The van der Waals surface area contributed by atoms with Crippen molar-refractivity contribution in [3.05, 3.63) is 51.5 Å². The van der Waals surface area contributed by atoms with E-state index in [2.05, 4.69) is 12.2 Å². The van der Waals surface area contributed by atoms with E-state index in [0.29, 0.717) is 16.5 Å². The van der Waals surface area contributed by atoms with Crippen LogP contribution in [0.25, 0.3) is 0 Å². The summed E-state index contributed by atoms with van der Waals surface area (Å²) in [5.41, 5.74) is 1.67. The fourth-order valence-corrected chi connectivity index (χ4v) is 3.95. The summed E-state index contributed by atoms with van der Waals surface area (Å²) in [5, 5.41) is 2.60. The summed E-state index contributed by atoms with van der Waals surface area (Å²) in [6.45, 7) is 3.73. The van der Waals surface area contributed by atoms with Crippen LogP contribution in [0.1, 0.15) is 40.4 Å². The molecule has 2 atom stereocenters. The Morgan fingerprint density at radius 3 is 2.76 bits per heavy atom. The number of hydrogen-bond acceptors (Lipinski definition) is 4. The fraction of sp³-hybridized carbons (Fsp3) is 0.368. The summed E-state index contributed by atoms with van der Waals surface area (Å²) < 4.78 is 18.2. The molecule has 1 aromatic carbocycles. The number of fused-ring (bicyclic) bond motifs is 1. The van der Waals surface area contributed by atoms with E-state index < -0.39 is 18.0 Å². The van der Waals surface area contributed by atoms with Crippen LogP contribution in [0.15, 0.2) is 30.3 Å². The molecule has 0 radical (unpaired) electrons. The molecule has 0 unspecified atom stereocenters. The van der Waals surface area contributed by atoms with Crippen molar-refractivity contribution in [2.45, 2.75) is 39.2 Å². The Kier molecular flexibility index (Phi) is 5.18. The first-order valence-electron chi connectivity index (χ1n) is 8.31. The van der Waals surface area contributed by atoms with Crippen molar-refractivity contribution in [3.8, 4) is 0 Å². The van der Waals surface area contributed by atoms with Gasteiger partial charge in [-0.05, 0) is 68.0 Å². The van der Waals surface area contributed by atoms with E-state index in [4.69, 9.17) is 4.74 Å². The third-order valence-electron chi connectivity index (χ3n) is 4.30. The number of benzene rings is 1. The van der Waals surface area contributed by atoms with Gasteiger partial charge in [0.25, 0.3) is 5.91 Å². The molecule has 0 fully saturated rings. The van der Waals surface area contributed by atoms with Gasteiger partial charge in [0.05, 0.1) is 0 Å². The molecule has 1 heterocycles. The Balaban J connectivity index is 1.60. The standard InChI is InChI=1S/C19H20FNO3S/c1-11-3-8-16-13(9-11)10-17(25-16)19(23)24-12(2)18(22)21-15-6-4-14(20)5-7-15/h4-7,10-12H,3,8-9H2,1-2H3,(H,21,22)/t11-,12+/m1/s1. The lowest BCUT2D eigenvalue weighted by Gasteiger charge is -2.16. The zero-order valence-electron chi connectivity index (χ0n) is 14.2. The van der Waals surface area contributed by atoms with Gasteiger partial charge in [0.1, 0.15) is 10.7 Å². The van der Waals surface area contributed by atoms with E-state index in [1.807, 2.05) is 6.07 Å². The Bertz CT molecular complexity index is 784. The minimum Gasteiger partial charge on any atom is -0.448 e. The van der Waals surface area contributed by atoms with Gasteiger partial charge in [0, 0.05) is 10.6 Å². The molecule has 0 aliphatic heterocycles. The number of rotatable bonds is 4. The Morgan fingerprint density at radius 2 is 2.04 bits per heavy atom. The molecule has 1 aliphatic rings. The average molecular weight is 361 g/mol. The molecule has 1 aromatic heterocycles. The van der Waals surface area contributed by atoms with E-state index in [1.54, 1.807) is 0 Å². The minimum atomic E-state index is -0.935. The Morgan fingerprint density at radius 1 is 1.32 bits per heavy atom. The average Bonchev–Trinajstić information content (AvgIpc) is 3.00. The molecule has 3 rings (SSSR count). The van der Waals surface area contributed by atoms with Crippen LogP contribution in [-0.2, 0) is 22.4 Å². The summed E-state index contributed by atoms with van der Waals surface area (Å²) in [4.78, 5) is 26.2. The van der Waals surface area contributed by atoms with Crippen LogP contribution in [-0.4, -0.2) is 18.0 Å². The molecular formula is C19H20FNO3S. The Labute approximate surface area is 150 Å². The van der Waals surface area contributed by atoms with Crippen molar-refractivity contribution in [2.75, 3.05) is 5.32 Å². The summed E-state index contributed by atoms with van der Waals surface area (Å²) in [6.07, 6.45) is 2.18. The number of halogens is 1. The van der Waals surface area contributed by atoms with Crippen LogP contribution < -0.4 is 5.32 Å². The van der Waals surface area contributed by atoms with Crippen molar-refractivity contribution >= 4 is 28.9 Å². The van der Waals surface area contributed by atoms with Gasteiger partial charge in [-0.25, -0.2) is 9.18 Å². The van der Waals surface area contributed by atoms with Gasteiger partial charge >= 0.3 is 5.97 Å². The van der Waals surface area contributed by atoms with Gasteiger partial charge in [-0.2, -0.15) is 0 Å². The number of hydrogen-bond donors (Lipinski definition) is 1. The number of anilines is 1. The monoisotopic (exact) mass is 361 g/mol. The lowest BCUT2D eigenvalue weighted by atomic mass is 9.90. The largest absolute Gasteiger partial charge is 0.448 e. The number of thiophene rings is 1. The van der Waals surface area contributed by atoms with Crippen molar-refractivity contribution < 1.29 is 18.7 Å². The zero-order chi connectivity index (χ0) is 18.0. The smallest absolute Gasteiger partial charge is 0.349 e. The van der Waals surface area contributed by atoms with Crippen LogP contribution in [0, 0.1) is 11.7 Å². The predicted molar refractivity (Wildman–Crippen MR) is 95.4 cm³/mol. The second kappa shape index (κ2) is 7.35. The number of nitrogens with one attached hydrogen (secondary N) is 1. The highest BCUT2D eigenvalue weighted by Gasteiger charge is 2.24. The third kappa shape index (κ3) is 4.25. The molecule has 0 spiro atoms. The quantitative estimate of drug-likeness (QED) is 0.831. The molecule has 0 saturated heterocycles. The molecule has 1 amide bonds. The van der Waals surface area contributed by atoms with Crippen molar-refractivity contribution in [1.82, 2.24) is 0 Å². The molecule has 25 heavy (non-hydrogen) atoms. The lowest BCUT2D eigenvalue weighted by molar-refractivity contribution is -0.123. The maximum Gasteiger partial charge on any atom is 0.349 e. The number of aryl methyl sites for hydroxylation is 1. The number of esters is 1. The number of carbonyl (C=O) groups is 2. The first kappa shape index (κ1) is 17.6. The van der Waals surface area contributed by atoms with Gasteiger partial charge in [-0.15, -0.1) is 11.3 Å². The minimum absolute atomic E-state index is 0.381.